The molecule has 4 atom stereocenters. The highest BCUT2D eigenvalue weighted by atomic mass is 35.5. The van der Waals surface area contributed by atoms with E-state index in [2.05, 4.69) is 0 Å². The van der Waals surface area contributed by atoms with Gasteiger partial charge in [0.15, 0.2) is 6.29 Å². The Morgan fingerprint density at radius 1 is 1.15 bits per heavy atom. The van der Waals surface area contributed by atoms with Crippen molar-refractivity contribution in [1.82, 2.24) is 0 Å². The van der Waals surface area contributed by atoms with Gasteiger partial charge in [-0.25, -0.2) is 0 Å². The van der Waals surface area contributed by atoms with Crippen LogP contribution in [0.4, 0.5) is 0 Å². The summed E-state index contributed by atoms with van der Waals surface area (Å²) in [6.07, 6.45) is -0.738. The standard InChI is InChI=1S/C9H19ClO5P.C3H7Cl/c1-4-8(11)14-9(5-2)15-16(12)13-6-7(3)10;1-3(2)4/h7-9,11H,4-6H2,1-3H3;3H,1-2H3/q+1;. The van der Waals surface area contributed by atoms with Crippen molar-refractivity contribution >= 4 is 31.5 Å². The molecule has 0 aromatic rings. The van der Waals surface area contributed by atoms with Gasteiger partial charge in [0.1, 0.15) is 6.61 Å². The zero-order chi connectivity index (χ0) is 16.1. The van der Waals surface area contributed by atoms with Crippen LogP contribution in [0.3, 0.4) is 0 Å². The van der Waals surface area contributed by atoms with E-state index in [4.69, 9.17) is 37.0 Å². The third-order valence-electron chi connectivity index (χ3n) is 1.60. The van der Waals surface area contributed by atoms with Crippen LogP contribution in [0.2, 0.25) is 0 Å². The fourth-order valence-corrected chi connectivity index (χ4v) is 1.70. The van der Waals surface area contributed by atoms with Gasteiger partial charge in [-0.15, -0.1) is 27.7 Å². The minimum absolute atomic E-state index is 0.142. The summed E-state index contributed by atoms with van der Waals surface area (Å²) in [6, 6.07) is 0. The van der Waals surface area contributed by atoms with Crippen LogP contribution in [0, 0.1) is 0 Å². The van der Waals surface area contributed by atoms with Crippen molar-refractivity contribution in [2.75, 3.05) is 6.61 Å². The fourth-order valence-electron chi connectivity index (χ4n) is 0.757. The van der Waals surface area contributed by atoms with Gasteiger partial charge in [-0.05, 0) is 27.2 Å². The number of halogens is 2. The SMILES string of the molecule is CC(C)Cl.CCC(O)OC(CC)O[P+](=O)OCC(C)Cl. The van der Waals surface area contributed by atoms with Gasteiger partial charge in [0.25, 0.3) is 0 Å². The summed E-state index contributed by atoms with van der Waals surface area (Å²) in [5.41, 5.74) is 0. The van der Waals surface area contributed by atoms with Gasteiger partial charge < -0.3 is 9.84 Å². The lowest BCUT2D eigenvalue weighted by molar-refractivity contribution is -0.198. The minimum atomic E-state index is -2.26. The van der Waals surface area contributed by atoms with Gasteiger partial charge in [-0.2, -0.15) is 0 Å². The second kappa shape index (κ2) is 14.5. The molecule has 0 aliphatic heterocycles. The normalized spacial score (nSPS) is 16.1. The first-order chi connectivity index (χ1) is 9.22. The largest absolute Gasteiger partial charge is 0.700 e. The van der Waals surface area contributed by atoms with Crippen molar-refractivity contribution in [2.24, 2.45) is 0 Å². The van der Waals surface area contributed by atoms with E-state index in [9.17, 15) is 9.67 Å². The van der Waals surface area contributed by atoms with Crippen LogP contribution in [0.5, 0.6) is 0 Å². The zero-order valence-electron chi connectivity index (χ0n) is 12.7. The Bertz CT molecular complexity index is 239. The molecule has 20 heavy (non-hydrogen) atoms. The number of hydrogen-bond donors (Lipinski definition) is 1. The highest BCUT2D eigenvalue weighted by Gasteiger charge is 2.28. The molecule has 1 N–H and O–H groups in total. The molecule has 8 heteroatoms. The summed E-state index contributed by atoms with van der Waals surface area (Å²) in [5, 5.41) is 9.31. The van der Waals surface area contributed by atoms with Gasteiger partial charge in [0.05, 0.1) is 5.38 Å². The quantitative estimate of drug-likeness (QED) is 0.378. The lowest BCUT2D eigenvalue weighted by Gasteiger charge is -2.13. The number of aliphatic hydroxyl groups excluding tert-OH is 1. The average Bonchev–Trinajstić information content (AvgIpc) is 2.34. The van der Waals surface area contributed by atoms with Crippen LogP contribution >= 0.6 is 31.5 Å². The van der Waals surface area contributed by atoms with Crippen molar-refractivity contribution in [2.45, 2.75) is 70.8 Å². The van der Waals surface area contributed by atoms with Gasteiger partial charge in [-0.3, -0.25) is 0 Å². The van der Waals surface area contributed by atoms with E-state index >= 15 is 0 Å². The second-order valence-corrected chi connectivity index (χ2v) is 6.79. The Kier molecular flexibility index (Phi) is 16.5. The highest BCUT2D eigenvalue weighted by Crippen LogP contribution is 2.28. The number of hydrogen-bond acceptors (Lipinski definition) is 5. The monoisotopic (exact) mass is 351 g/mol. The van der Waals surface area contributed by atoms with Crippen LogP contribution in [-0.4, -0.2) is 35.0 Å². The van der Waals surface area contributed by atoms with E-state index in [0.29, 0.717) is 18.2 Å². The predicted octanol–water partition coefficient (Wildman–Crippen LogP) is 4.42. The van der Waals surface area contributed by atoms with Crippen LogP contribution in [0.1, 0.15) is 47.5 Å². The molecule has 0 bridgehead atoms. The molecule has 0 rings (SSSR count). The summed E-state index contributed by atoms with van der Waals surface area (Å²) in [7, 11) is -2.26. The Labute approximate surface area is 132 Å². The van der Waals surface area contributed by atoms with Crippen molar-refractivity contribution < 1.29 is 23.5 Å². The Balaban J connectivity index is 0. The summed E-state index contributed by atoms with van der Waals surface area (Å²) in [4.78, 5) is 0. The Morgan fingerprint density at radius 3 is 2.00 bits per heavy atom. The topological polar surface area (TPSA) is 65.0 Å². The van der Waals surface area contributed by atoms with Crippen molar-refractivity contribution in [3.05, 3.63) is 0 Å². The molecule has 122 valence electrons. The molecule has 0 heterocycles. The molecule has 0 radical (unpaired) electrons. The number of ether oxygens (including phenoxy) is 1. The first-order valence-corrected chi connectivity index (χ1v) is 8.58. The van der Waals surface area contributed by atoms with Gasteiger partial charge >= 0.3 is 8.25 Å². The fraction of sp³-hybridized carbons (Fsp3) is 1.00. The van der Waals surface area contributed by atoms with Gasteiger partial charge in [-0.1, -0.05) is 18.4 Å². The van der Waals surface area contributed by atoms with E-state index < -0.39 is 20.8 Å². The molecule has 0 fully saturated rings. The van der Waals surface area contributed by atoms with Crippen LogP contribution in [0.25, 0.3) is 0 Å². The molecule has 0 saturated carbocycles. The molecule has 0 aromatic heterocycles. The smallest absolute Gasteiger partial charge is 0.368 e. The predicted molar refractivity (Wildman–Crippen MR) is 82.4 cm³/mol. The van der Waals surface area contributed by atoms with E-state index in [0.717, 1.165) is 0 Å². The van der Waals surface area contributed by atoms with E-state index in [1.165, 1.54) is 0 Å². The van der Waals surface area contributed by atoms with Gasteiger partial charge in [0, 0.05) is 16.4 Å². The van der Waals surface area contributed by atoms with Crippen LogP contribution in [0.15, 0.2) is 0 Å². The zero-order valence-corrected chi connectivity index (χ0v) is 15.1. The third kappa shape index (κ3) is 18.5. The van der Waals surface area contributed by atoms with E-state index in [1.807, 2.05) is 13.8 Å². The summed E-state index contributed by atoms with van der Waals surface area (Å²) < 4.78 is 26.1. The molecule has 4 unspecified atom stereocenters. The number of rotatable bonds is 9. The number of alkyl halides is 2. The molecule has 5 nitrogen and oxygen atoms in total. The van der Waals surface area contributed by atoms with Gasteiger partial charge in [0.2, 0.25) is 6.29 Å². The second-order valence-electron chi connectivity index (χ2n) is 4.26. The average molecular weight is 352 g/mol. The lowest BCUT2D eigenvalue weighted by Crippen LogP contribution is -2.21. The highest BCUT2D eigenvalue weighted by molar-refractivity contribution is 7.33. The maximum atomic E-state index is 11.3. The molecule has 0 aliphatic carbocycles. The maximum Gasteiger partial charge on any atom is 0.700 e. The molecule has 0 aromatic carbocycles. The summed E-state index contributed by atoms with van der Waals surface area (Å²) >= 11 is 10.9. The van der Waals surface area contributed by atoms with Crippen molar-refractivity contribution in [1.29, 1.82) is 0 Å². The summed E-state index contributed by atoms with van der Waals surface area (Å²) in [6.45, 7) is 9.29. The maximum absolute atomic E-state index is 11.3. The lowest BCUT2D eigenvalue weighted by atomic mass is 10.4. The summed E-state index contributed by atoms with van der Waals surface area (Å²) in [5.74, 6) is 0. The first-order valence-electron chi connectivity index (χ1n) is 6.61. The molecule has 0 spiro atoms. The molecule has 0 aliphatic rings. The number of aliphatic hydroxyl groups is 1. The molecular weight excluding hydrogens is 326 g/mol. The third-order valence-corrected chi connectivity index (χ3v) is 2.50. The Hall–Kier alpha value is 0.520. The molecule has 0 saturated heterocycles. The van der Waals surface area contributed by atoms with E-state index in [1.54, 1.807) is 20.8 Å². The first kappa shape index (κ1) is 22.8. The van der Waals surface area contributed by atoms with Crippen LogP contribution in [-0.2, 0) is 18.3 Å². The van der Waals surface area contributed by atoms with Crippen molar-refractivity contribution in [3.63, 3.8) is 0 Å². The van der Waals surface area contributed by atoms with E-state index in [-0.39, 0.29) is 12.0 Å². The minimum Gasteiger partial charge on any atom is -0.368 e. The van der Waals surface area contributed by atoms with Crippen molar-refractivity contribution in [3.8, 4) is 0 Å². The Morgan fingerprint density at radius 2 is 1.65 bits per heavy atom. The van der Waals surface area contributed by atoms with Crippen LogP contribution < -0.4 is 0 Å². The molecular formula is C12H26Cl2O5P+. The molecule has 0 amide bonds.